The second kappa shape index (κ2) is 55.1. The molecule has 0 atom stereocenters. The SMILES string of the molecule is Cc1cc[c-]c(-c2ccc(-c3ccccc3)cn2)c1.Cc1cc[c-]c(-c2ccc(-c3ccccc3)cn2)c1.Cc1ccc(-c2[c-]ccc(C)c2)nc1.Cc1ccc(-c2[c-]ccc(C)c2)nc1.Cc1ccc(-c2[c-]cccc2)nc1.Cc1ccc(-c2ccc(-c3[c-]cccc3)nc2)cc1.Cc1cnc(-c2[c-]cccc2)cc1C.[Ir].[Ir].[Ir].[Ir].[c-]1ccccc1-c1ccc(-c2ccccc2)cn1. The van der Waals surface area contributed by atoms with Gasteiger partial charge in [-0.1, -0.05) is 245 Å². The fourth-order valence-electron chi connectivity index (χ4n) is 13.3. The number of hydrogen-bond donors (Lipinski definition) is 0. The second-order valence-corrected chi connectivity index (χ2v) is 31.2. The summed E-state index contributed by atoms with van der Waals surface area (Å²) in [5.41, 5.74) is 37.7. The van der Waals surface area contributed by atoms with E-state index in [1.165, 1.54) is 77.9 Å². The van der Waals surface area contributed by atoms with E-state index < -0.39 is 0 Å². The molecule has 12 heteroatoms. The Balaban J connectivity index is 0.000000172. The molecule has 4 radical (unpaired) electrons. The molecule has 0 aliphatic rings. The molecule has 8 aromatic heterocycles. The summed E-state index contributed by atoms with van der Waals surface area (Å²) in [5.74, 6) is 0. The Morgan fingerprint density at radius 2 is 0.358 bits per heavy atom. The van der Waals surface area contributed by atoms with E-state index in [2.05, 4.69) is 270 Å². The maximum absolute atomic E-state index is 4.54. The van der Waals surface area contributed by atoms with E-state index >= 15 is 0 Å². The molecular weight excluding hydrogens is 2350 g/mol. The van der Waals surface area contributed by atoms with Gasteiger partial charge in [-0.3, -0.25) is 0 Å². The molecule has 134 heavy (non-hydrogen) atoms. The molecule has 0 fully saturated rings. The van der Waals surface area contributed by atoms with E-state index in [0.717, 1.165) is 112 Å². The molecule has 20 rings (SSSR count). The van der Waals surface area contributed by atoms with Gasteiger partial charge in [0.2, 0.25) is 0 Å². The quantitative estimate of drug-likeness (QED) is 0.111. The van der Waals surface area contributed by atoms with Crippen molar-refractivity contribution in [2.24, 2.45) is 0 Å². The fraction of sp³-hybridized carbons (Fsp3) is 0.0820. The first kappa shape index (κ1) is 104. The van der Waals surface area contributed by atoms with Gasteiger partial charge in [-0.25, -0.2) is 0 Å². The minimum atomic E-state index is 0. The summed E-state index contributed by atoms with van der Waals surface area (Å²) in [6.45, 7) is 20.7. The molecule has 12 aromatic carbocycles. The fourth-order valence-corrected chi connectivity index (χ4v) is 13.3. The second-order valence-electron chi connectivity index (χ2n) is 31.2. The van der Waals surface area contributed by atoms with Crippen LogP contribution in [0.15, 0.2) is 426 Å². The van der Waals surface area contributed by atoms with Gasteiger partial charge in [-0.15, -0.1) is 285 Å². The first-order valence-corrected chi connectivity index (χ1v) is 43.2. The van der Waals surface area contributed by atoms with E-state index in [-0.39, 0.29) is 80.4 Å². The molecule has 8 heterocycles. The van der Waals surface area contributed by atoms with Gasteiger partial charge in [-0.2, -0.15) is 0 Å². The van der Waals surface area contributed by atoms with Crippen LogP contribution in [0.4, 0.5) is 0 Å². The zero-order valence-electron chi connectivity index (χ0n) is 76.3. The van der Waals surface area contributed by atoms with E-state index in [1.54, 1.807) is 0 Å². The molecule has 0 N–H and O–H groups in total. The van der Waals surface area contributed by atoms with Crippen LogP contribution in [0.1, 0.15) is 55.6 Å². The van der Waals surface area contributed by atoms with E-state index in [1.807, 2.05) is 313 Å². The van der Waals surface area contributed by atoms with Crippen molar-refractivity contribution in [2.45, 2.75) is 69.2 Å². The summed E-state index contributed by atoms with van der Waals surface area (Å²) < 4.78 is 0. The van der Waals surface area contributed by atoms with Crippen LogP contribution in [0.25, 0.3) is 135 Å². The number of hydrogen-bond acceptors (Lipinski definition) is 8. The Hall–Kier alpha value is -13.6. The van der Waals surface area contributed by atoms with Crippen LogP contribution in [0.5, 0.6) is 0 Å². The summed E-state index contributed by atoms with van der Waals surface area (Å²) in [6.07, 6.45) is 15.2. The number of rotatable bonds is 12. The van der Waals surface area contributed by atoms with Crippen molar-refractivity contribution in [1.29, 1.82) is 0 Å². The molecule has 0 aliphatic carbocycles. The summed E-state index contributed by atoms with van der Waals surface area (Å²) in [6, 6.07) is 152. The minimum absolute atomic E-state index is 0. The van der Waals surface area contributed by atoms with Gasteiger partial charge in [0, 0.05) is 130 Å². The van der Waals surface area contributed by atoms with Crippen LogP contribution in [-0.2, 0) is 80.4 Å². The van der Waals surface area contributed by atoms with Gasteiger partial charge in [-0.05, 0) is 154 Å². The first-order valence-electron chi connectivity index (χ1n) is 43.2. The first-order chi connectivity index (χ1) is 63.6. The molecule has 0 amide bonds. The van der Waals surface area contributed by atoms with Crippen LogP contribution in [0.3, 0.4) is 0 Å². The van der Waals surface area contributed by atoms with Gasteiger partial charge in [0.1, 0.15) is 0 Å². The van der Waals surface area contributed by atoms with Crippen molar-refractivity contribution in [3.8, 4) is 135 Å². The zero-order chi connectivity index (χ0) is 90.4. The normalized spacial score (nSPS) is 9.93. The molecule has 0 unspecified atom stereocenters. The summed E-state index contributed by atoms with van der Waals surface area (Å²) >= 11 is 0. The monoisotopic (exact) mass is 2450 g/mol. The van der Waals surface area contributed by atoms with E-state index in [9.17, 15) is 0 Å². The predicted octanol–water partition coefficient (Wildman–Crippen LogP) is 30.1. The number of aromatic nitrogens is 8. The average Bonchev–Trinajstić information content (AvgIpc) is 0.842. The smallest absolute Gasteiger partial charge is 0.0239 e. The Labute approximate surface area is 846 Å². The third kappa shape index (κ3) is 32.7. The largest absolute Gasteiger partial charge is 0.304 e. The van der Waals surface area contributed by atoms with Crippen molar-refractivity contribution in [2.75, 3.05) is 0 Å². The molecular formula is C122H100Ir4N8-8. The van der Waals surface area contributed by atoms with Crippen molar-refractivity contribution in [1.82, 2.24) is 39.9 Å². The zero-order valence-corrected chi connectivity index (χ0v) is 85.9. The number of benzene rings is 12. The number of pyridine rings is 8. The topological polar surface area (TPSA) is 103 Å². The molecule has 0 saturated carbocycles. The van der Waals surface area contributed by atoms with Crippen molar-refractivity contribution < 1.29 is 80.4 Å². The summed E-state index contributed by atoms with van der Waals surface area (Å²) in [4.78, 5) is 35.5. The minimum Gasteiger partial charge on any atom is -0.304 e. The van der Waals surface area contributed by atoms with Crippen molar-refractivity contribution >= 4 is 0 Å². The molecule has 0 bridgehead atoms. The summed E-state index contributed by atoms with van der Waals surface area (Å²) in [7, 11) is 0. The molecule has 0 saturated heterocycles. The number of nitrogens with zero attached hydrogens (tertiary/aromatic N) is 8. The van der Waals surface area contributed by atoms with Crippen molar-refractivity contribution in [3.05, 3.63) is 530 Å². The van der Waals surface area contributed by atoms with Crippen LogP contribution >= 0.6 is 0 Å². The molecule has 0 aliphatic heterocycles. The Morgan fingerprint density at radius 1 is 0.142 bits per heavy atom. The molecule has 20 aromatic rings. The summed E-state index contributed by atoms with van der Waals surface area (Å²) in [5, 5.41) is 0. The Morgan fingerprint density at radius 3 is 0.590 bits per heavy atom. The van der Waals surface area contributed by atoms with Crippen molar-refractivity contribution in [3.63, 3.8) is 0 Å². The van der Waals surface area contributed by atoms with Gasteiger partial charge in [0.05, 0.1) is 0 Å². The van der Waals surface area contributed by atoms with Crippen LogP contribution in [0.2, 0.25) is 0 Å². The maximum Gasteiger partial charge on any atom is 0.0239 e. The van der Waals surface area contributed by atoms with Crippen LogP contribution in [0, 0.1) is 118 Å². The predicted molar refractivity (Wildman–Crippen MR) is 537 cm³/mol. The van der Waals surface area contributed by atoms with E-state index in [4.69, 9.17) is 0 Å². The Bertz CT molecular complexity index is 6510. The number of aryl methyl sites for hydroxylation is 10. The Kier molecular flexibility index (Phi) is 42.8. The van der Waals surface area contributed by atoms with E-state index in [0.29, 0.717) is 0 Å². The molecule has 0 spiro atoms. The van der Waals surface area contributed by atoms with Crippen LogP contribution in [-0.4, -0.2) is 39.9 Å². The molecule has 8 nitrogen and oxygen atoms in total. The standard InChI is InChI=1S/3C18H14N.C17H12N.3C13H12N.C12H10N.4Ir/c2*1-14-6-5-9-16(12-14)18-11-10-17(13-19-18)15-7-3-2-4-8-15;1-14-7-9-15(10-8-14)17-11-12-18(19-13-17)16-5-3-2-4-6-16;1-3-7-14(8-4-1)16-11-12-17(18-13-16)15-9-5-2-6-10-15;2*1-10-4-3-5-12(8-10)13-7-6-11(2)9-14-13;1-10-8-13(14-9-11(10)2)12-6-4-3-5-7-12;1-10-7-8-12(13-9-10)11-5-3-2-4-6-11;;;;/h2*2-8,10-13H,1H3;2-5,7-13H,1H3;1-9,11-13H;2*3-4,6-9H,1-2H3;3-6,8-9H,1-2H3;2-5,7-9H,1H3;;;;/q8*-1;;;;. The van der Waals surface area contributed by atoms with Crippen LogP contribution < -0.4 is 0 Å². The van der Waals surface area contributed by atoms with Gasteiger partial charge >= 0.3 is 0 Å². The van der Waals surface area contributed by atoms with Gasteiger partial charge in [0.25, 0.3) is 0 Å². The third-order valence-corrected chi connectivity index (χ3v) is 20.7. The van der Waals surface area contributed by atoms with Gasteiger partial charge in [0.15, 0.2) is 0 Å². The maximum atomic E-state index is 4.54. The van der Waals surface area contributed by atoms with Gasteiger partial charge < -0.3 is 39.9 Å². The third-order valence-electron chi connectivity index (χ3n) is 20.7. The average molecular weight is 2450 g/mol. The molecule has 672 valence electrons.